The van der Waals surface area contributed by atoms with Gasteiger partial charge in [0.15, 0.2) is 0 Å². The molecule has 2 fully saturated rings. The van der Waals surface area contributed by atoms with Gasteiger partial charge >= 0.3 is 11.9 Å². The van der Waals surface area contributed by atoms with Crippen molar-refractivity contribution in [3.63, 3.8) is 0 Å². The van der Waals surface area contributed by atoms with Crippen molar-refractivity contribution >= 4 is 11.9 Å². The molecule has 2 saturated heterocycles. The zero-order valence-electron chi connectivity index (χ0n) is 14.6. The van der Waals surface area contributed by atoms with Crippen molar-refractivity contribution in [3.05, 3.63) is 35.9 Å². The molecule has 0 radical (unpaired) electrons. The van der Waals surface area contributed by atoms with Crippen molar-refractivity contribution in [2.45, 2.75) is 49.8 Å². The summed E-state index contributed by atoms with van der Waals surface area (Å²) in [6.07, 6.45) is 4.04. The van der Waals surface area contributed by atoms with Crippen LogP contribution in [0.5, 0.6) is 0 Å². The molecule has 2 N–H and O–H groups in total. The van der Waals surface area contributed by atoms with Crippen molar-refractivity contribution in [3.8, 4) is 0 Å². The molecule has 1 aromatic rings. The molecule has 3 atom stereocenters. The first-order valence-corrected chi connectivity index (χ1v) is 8.91. The van der Waals surface area contributed by atoms with Crippen molar-refractivity contribution < 1.29 is 19.1 Å². The summed E-state index contributed by atoms with van der Waals surface area (Å²) in [7, 11) is 2.15. The standard InChI is InChI=1S/C19H26N2O4/c1-21-14-7-8-15(21)10-16(9-14)25-19(23)17(12-24-18(22)11-20)13-5-3-2-4-6-13/h2-6,14-17H,7-12,20H2,1H3. The van der Waals surface area contributed by atoms with Crippen LogP contribution in [0.4, 0.5) is 0 Å². The molecule has 2 heterocycles. The third-order valence-electron chi connectivity index (χ3n) is 5.40. The summed E-state index contributed by atoms with van der Waals surface area (Å²) in [6.45, 7) is -0.243. The number of rotatable bonds is 6. The van der Waals surface area contributed by atoms with E-state index in [1.54, 1.807) is 0 Å². The fourth-order valence-electron chi connectivity index (χ4n) is 3.93. The Morgan fingerprint density at radius 3 is 2.44 bits per heavy atom. The van der Waals surface area contributed by atoms with Crippen LogP contribution >= 0.6 is 0 Å². The van der Waals surface area contributed by atoms with Gasteiger partial charge in [-0.25, -0.2) is 0 Å². The summed E-state index contributed by atoms with van der Waals surface area (Å²) < 4.78 is 10.9. The van der Waals surface area contributed by atoms with Crippen molar-refractivity contribution in [1.29, 1.82) is 0 Å². The van der Waals surface area contributed by atoms with Gasteiger partial charge in [-0.2, -0.15) is 0 Å². The number of piperidine rings is 1. The van der Waals surface area contributed by atoms with E-state index in [1.165, 1.54) is 12.8 Å². The maximum atomic E-state index is 12.8. The molecular weight excluding hydrogens is 320 g/mol. The summed E-state index contributed by atoms with van der Waals surface area (Å²) in [5.41, 5.74) is 6.06. The highest BCUT2D eigenvalue weighted by Gasteiger charge is 2.40. The summed E-state index contributed by atoms with van der Waals surface area (Å²) in [6, 6.07) is 10.3. The third kappa shape index (κ3) is 4.19. The van der Waals surface area contributed by atoms with Gasteiger partial charge in [-0.15, -0.1) is 0 Å². The van der Waals surface area contributed by atoms with E-state index in [2.05, 4.69) is 11.9 Å². The van der Waals surface area contributed by atoms with Gasteiger partial charge in [0.1, 0.15) is 18.6 Å². The average Bonchev–Trinajstić information content (AvgIpc) is 2.84. The summed E-state index contributed by atoms with van der Waals surface area (Å²) in [4.78, 5) is 26.6. The van der Waals surface area contributed by atoms with Crippen LogP contribution in [0.15, 0.2) is 30.3 Å². The number of esters is 2. The molecule has 2 bridgehead atoms. The highest BCUT2D eigenvalue weighted by molar-refractivity contribution is 5.79. The van der Waals surface area contributed by atoms with Crippen LogP contribution < -0.4 is 5.73 Å². The van der Waals surface area contributed by atoms with Gasteiger partial charge in [-0.3, -0.25) is 9.59 Å². The lowest BCUT2D eigenvalue weighted by atomic mass is 9.98. The first kappa shape index (κ1) is 17.9. The molecule has 25 heavy (non-hydrogen) atoms. The summed E-state index contributed by atoms with van der Waals surface area (Å²) in [5, 5.41) is 0. The van der Waals surface area contributed by atoms with Crippen LogP contribution in [0.3, 0.4) is 0 Å². The molecule has 2 aliphatic rings. The number of ether oxygens (including phenoxy) is 2. The molecule has 6 heteroatoms. The number of carbonyl (C=O) groups is 2. The fourth-order valence-corrected chi connectivity index (χ4v) is 3.93. The number of fused-ring (bicyclic) bond motifs is 2. The van der Waals surface area contributed by atoms with E-state index in [0.717, 1.165) is 18.4 Å². The first-order valence-electron chi connectivity index (χ1n) is 8.91. The smallest absolute Gasteiger partial charge is 0.319 e. The molecule has 136 valence electrons. The van der Waals surface area contributed by atoms with Gasteiger partial charge in [0.2, 0.25) is 0 Å². The second-order valence-electron chi connectivity index (χ2n) is 6.93. The number of nitrogens with zero attached hydrogens (tertiary/aromatic N) is 1. The Bertz CT molecular complexity index is 593. The van der Waals surface area contributed by atoms with Crippen LogP contribution in [0.25, 0.3) is 0 Å². The molecule has 0 aliphatic carbocycles. The van der Waals surface area contributed by atoms with Gasteiger partial charge in [0, 0.05) is 12.1 Å². The van der Waals surface area contributed by atoms with Crippen LogP contribution in [0.1, 0.15) is 37.2 Å². The van der Waals surface area contributed by atoms with Crippen LogP contribution in [-0.4, -0.2) is 55.2 Å². The normalized spacial score (nSPS) is 26.9. The lowest BCUT2D eigenvalue weighted by Gasteiger charge is -2.36. The van der Waals surface area contributed by atoms with Gasteiger partial charge in [0.05, 0.1) is 6.54 Å². The predicted octanol–water partition coefficient (Wildman–Crippen LogP) is 1.44. The second kappa shape index (κ2) is 7.97. The minimum atomic E-state index is -0.617. The quantitative estimate of drug-likeness (QED) is 0.785. The minimum Gasteiger partial charge on any atom is -0.463 e. The van der Waals surface area contributed by atoms with Crippen LogP contribution in [0.2, 0.25) is 0 Å². The zero-order valence-corrected chi connectivity index (χ0v) is 14.6. The molecule has 0 amide bonds. The molecule has 3 rings (SSSR count). The monoisotopic (exact) mass is 346 g/mol. The van der Waals surface area contributed by atoms with E-state index < -0.39 is 11.9 Å². The Morgan fingerprint density at radius 1 is 1.20 bits per heavy atom. The molecule has 0 aromatic heterocycles. The molecule has 0 saturated carbocycles. The highest BCUT2D eigenvalue weighted by atomic mass is 16.6. The van der Waals surface area contributed by atoms with Crippen LogP contribution in [0, 0.1) is 0 Å². The topological polar surface area (TPSA) is 81.9 Å². The summed E-state index contributed by atoms with van der Waals surface area (Å²) >= 11 is 0. The molecule has 3 unspecified atom stereocenters. The Hall–Kier alpha value is -1.92. The Morgan fingerprint density at radius 2 is 1.84 bits per heavy atom. The third-order valence-corrected chi connectivity index (χ3v) is 5.40. The minimum absolute atomic E-state index is 0.0433. The van der Waals surface area contributed by atoms with Gasteiger partial charge in [-0.1, -0.05) is 30.3 Å². The SMILES string of the molecule is CN1C2CCC1CC(OC(=O)C(COC(=O)CN)c1ccccc1)C2. The van der Waals surface area contributed by atoms with Crippen LogP contribution in [-0.2, 0) is 19.1 Å². The number of nitrogens with two attached hydrogens (primary N) is 1. The van der Waals surface area contributed by atoms with E-state index >= 15 is 0 Å². The number of hydrogen-bond donors (Lipinski definition) is 1. The van der Waals surface area contributed by atoms with E-state index in [0.29, 0.717) is 12.1 Å². The average molecular weight is 346 g/mol. The molecule has 6 nitrogen and oxygen atoms in total. The lowest BCUT2D eigenvalue weighted by Crippen LogP contribution is -2.44. The maximum absolute atomic E-state index is 12.8. The summed E-state index contributed by atoms with van der Waals surface area (Å²) in [5.74, 6) is -1.47. The van der Waals surface area contributed by atoms with Gasteiger partial charge in [0.25, 0.3) is 0 Å². The lowest BCUT2D eigenvalue weighted by molar-refractivity contribution is -0.157. The van der Waals surface area contributed by atoms with E-state index in [1.807, 2.05) is 30.3 Å². The van der Waals surface area contributed by atoms with E-state index in [4.69, 9.17) is 15.2 Å². The highest BCUT2D eigenvalue weighted by Crippen LogP contribution is 2.36. The fraction of sp³-hybridized carbons (Fsp3) is 0.579. The zero-order chi connectivity index (χ0) is 17.8. The Kier molecular flexibility index (Phi) is 5.71. The van der Waals surface area contributed by atoms with Crippen molar-refractivity contribution in [2.75, 3.05) is 20.2 Å². The van der Waals surface area contributed by atoms with Crippen molar-refractivity contribution in [1.82, 2.24) is 4.90 Å². The molecule has 1 aromatic carbocycles. The second-order valence-corrected chi connectivity index (χ2v) is 6.93. The van der Waals surface area contributed by atoms with E-state index in [9.17, 15) is 9.59 Å². The first-order chi connectivity index (χ1) is 12.1. The van der Waals surface area contributed by atoms with Crippen molar-refractivity contribution in [2.24, 2.45) is 5.73 Å². The molecular formula is C19H26N2O4. The van der Waals surface area contributed by atoms with E-state index in [-0.39, 0.29) is 25.2 Å². The van der Waals surface area contributed by atoms with Gasteiger partial charge < -0.3 is 20.1 Å². The molecule has 2 aliphatic heterocycles. The number of benzene rings is 1. The number of hydrogen-bond acceptors (Lipinski definition) is 6. The molecule has 0 spiro atoms. The largest absolute Gasteiger partial charge is 0.463 e. The predicted molar refractivity (Wildman–Crippen MR) is 92.9 cm³/mol. The Labute approximate surface area is 148 Å². The maximum Gasteiger partial charge on any atom is 0.319 e. The Balaban J connectivity index is 1.65. The number of carbonyl (C=O) groups excluding carboxylic acids is 2. The van der Waals surface area contributed by atoms with Gasteiger partial charge in [-0.05, 0) is 38.3 Å².